The van der Waals surface area contributed by atoms with Crippen LogP contribution in [0.25, 0.3) is 0 Å². The van der Waals surface area contributed by atoms with Gasteiger partial charge in [0.05, 0.1) is 12.6 Å². The summed E-state index contributed by atoms with van der Waals surface area (Å²) in [7, 11) is 0. The van der Waals surface area contributed by atoms with Gasteiger partial charge in [-0.25, -0.2) is 9.79 Å². The first-order valence-corrected chi connectivity index (χ1v) is 13.7. The smallest absolute Gasteiger partial charge is 0.348 e. The molecule has 3 unspecified atom stereocenters. The zero-order chi connectivity index (χ0) is 26.9. The molecule has 0 aromatic carbocycles. The summed E-state index contributed by atoms with van der Waals surface area (Å²) in [6.45, 7) is 0.318. The quantitative estimate of drug-likeness (QED) is 0.458. The Balaban J connectivity index is 0.978. The molecule has 5 aliphatic rings. The molecule has 4 amide bonds. The molecule has 1 aliphatic heterocycles. The van der Waals surface area contributed by atoms with Crippen LogP contribution in [0.15, 0.2) is 40.4 Å². The Morgan fingerprint density at radius 2 is 1.82 bits per heavy atom. The minimum absolute atomic E-state index is 0.0399. The zero-order valence-corrected chi connectivity index (χ0v) is 21.3. The summed E-state index contributed by atoms with van der Waals surface area (Å²) < 4.78 is 38.7. The Morgan fingerprint density at radius 1 is 1.08 bits per heavy atom. The number of carbonyl (C=O) groups is 3. The molecule has 3 fully saturated rings. The summed E-state index contributed by atoms with van der Waals surface area (Å²) in [6.07, 6.45) is 10.8. The van der Waals surface area contributed by atoms with Gasteiger partial charge < -0.3 is 16.0 Å². The van der Waals surface area contributed by atoms with Gasteiger partial charge in [-0.3, -0.25) is 9.59 Å². The van der Waals surface area contributed by atoms with Crippen LogP contribution in [-0.4, -0.2) is 49.4 Å². The van der Waals surface area contributed by atoms with E-state index in [1.807, 2.05) is 0 Å². The Hall–Kier alpha value is -2.91. The molecule has 7 nitrogen and oxygen atoms in total. The number of halogens is 3. The van der Waals surface area contributed by atoms with Crippen LogP contribution in [0, 0.1) is 35.5 Å². The number of fused-ring (bicyclic) bond motifs is 1. The second-order valence-corrected chi connectivity index (χ2v) is 11.5. The van der Waals surface area contributed by atoms with E-state index in [4.69, 9.17) is 0 Å². The van der Waals surface area contributed by atoms with Gasteiger partial charge in [0, 0.05) is 30.7 Å². The third kappa shape index (κ3) is 6.38. The number of rotatable bonds is 7. The first-order chi connectivity index (χ1) is 18.2. The van der Waals surface area contributed by atoms with Crippen LogP contribution in [0.5, 0.6) is 0 Å². The van der Waals surface area contributed by atoms with Crippen molar-refractivity contribution < 1.29 is 27.6 Å². The van der Waals surface area contributed by atoms with Crippen LogP contribution in [-0.2, 0) is 9.59 Å². The maximum atomic E-state index is 12.9. The molecule has 4 aliphatic carbocycles. The molecule has 0 bridgehead atoms. The fraction of sp³-hybridized carbons (Fsp3) is 0.643. The van der Waals surface area contributed by atoms with Crippen LogP contribution in [0.1, 0.15) is 51.4 Å². The van der Waals surface area contributed by atoms with Crippen LogP contribution in [0.3, 0.4) is 0 Å². The summed E-state index contributed by atoms with van der Waals surface area (Å²) in [6, 6.07) is -1.01. The average Bonchev–Trinajstić information content (AvgIpc) is 3.48. The van der Waals surface area contributed by atoms with Crippen molar-refractivity contribution in [2.45, 2.75) is 63.6 Å². The van der Waals surface area contributed by atoms with Crippen molar-refractivity contribution in [3.8, 4) is 0 Å². The summed E-state index contributed by atoms with van der Waals surface area (Å²) in [5.74, 6) is 1.96. The molecule has 0 radical (unpaired) electrons. The number of nitrogens with one attached hydrogen (secondary N) is 3. The lowest BCUT2D eigenvalue weighted by atomic mass is 9.75. The van der Waals surface area contributed by atoms with Crippen molar-refractivity contribution >= 4 is 24.1 Å². The van der Waals surface area contributed by atoms with E-state index in [2.05, 4.69) is 27.0 Å². The number of allylic oxidation sites excluding steroid dienone is 3. The Bertz CT molecular complexity index is 1060. The van der Waals surface area contributed by atoms with Crippen molar-refractivity contribution in [3.63, 3.8) is 0 Å². The van der Waals surface area contributed by atoms with Crippen molar-refractivity contribution in [1.82, 2.24) is 16.0 Å². The Morgan fingerprint density at radius 3 is 2.53 bits per heavy atom. The molecule has 3 saturated carbocycles. The van der Waals surface area contributed by atoms with Crippen molar-refractivity contribution in [3.05, 3.63) is 35.5 Å². The topological polar surface area (TPSA) is 99.7 Å². The van der Waals surface area contributed by atoms with E-state index >= 15 is 0 Å². The Kier molecular flexibility index (Phi) is 7.77. The van der Waals surface area contributed by atoms with E-state index in [0.29, 0.717) is 36.1 Å². The molecule has 0 aromatic heterocycles. The summed E-state index contributed by atoms with van der Waals surface area (Å²) >= 11 is 0. The van der Waals surface area contributed by atoms with Crippen LogP contribution in [0.2, 0.25) is 0 Å². The van der Waals surface area contributed by atoms with Crippen LogP contribution in [0.4, 0.5) is 18.0 Å². The second kappa shape index (κ2) is 11.1. The number of hydrogen-bond donors (Lipinski definition) is 3. The number of urea groups is 1. The fourth-order valence-electron chi connectivity index (χ4n) is 7.03. The largest absolute Gasteiger partial charge is 0.412 e. The molecule has 5 rings (SSSR count). The predicted octanol–water partition coefficient (Wildman–Crippen LogP) is 4.23. The number of aliphatic imine (C=N–C) groups is 1. The number of alkyl halides is 3. The highest BCUT2D eigenvalue weighted by Gasteiger charge is 2.59. The molecule has 206 valence electrons. The molecule has 3 N–H and O–H groups in total. The van der Waals surface area contributed by atoms with Gasteiger partial charge in [-0.1, -0.05) is 24.3 Å². The van der Waals surface area contributed by atoms with Gasteiger partial charge in [0.25, 0.3) is 0 Å². The number of hydrogen-bond acceptors (Lipinski definition) is 3. The normalized spacial score (nSPS) is 34.4. The van der Waals surface area contributed by atoms with E-state index in [0.717, 1.165) is 31.8 Å². The standard InChI is InChI=1S/C28H35F3N4O3/c29-28(30,31)20-2-1-3-21(13-20)35-24(36)15-33-26(37)25-22-11-17(12-23(22)25)10-16-4-6-18(7-5-16)19-8-9-32-27(38)34-14-19/h1-3,8,14,16-18,21-23,25H,4-7,9-13,15H2,(H,32,38)(H,33,37)(H,35,36)/t16?,17?,18?,21?,22-,23+,25?. The van der Waals surface area contributed by atoms with E-state index in [1.165, 1.54) is 37.0 Å². The lowest BCUT2D eigenvalue weighted by molar-refractivity contribution is -0.127. The van der Waals surface area contributed by atoms with E-state index in [-0.39, 0.29) is 30.8 Å². The minimum atomic E-state index is -4.41. The molecular formula is C28H35F3N4O3. The third-order valence-corrected chi connectivity index (χ3v) is 8.97. The second-order valence-electron chi connectivity index (χ2n) is 11.5. The third-order valence-electron chi connectivity index (χ3n) is 8.97. The monoisotopic (exact) mass is 532 g/mol. The van der Waals surface area contributed by atoms with E-state index in [9.17, 15) is 27.6 Å². The molecule has 38 heavy (non-hydrogen) atoms. The molecule has 5 atom stereocenters. The predicted molar refractivity (Wildman–Crippen MR) is 136 cm³/mol. The maximum absolute atomic E-state index is 12.9. The SMILES string of the molecule is O=C(CNC(=O)C1[C@H]2CC(CC3CCC(C4=CCNC(=O)N=C4)CC3)C[C@@H]12)NC1C=CC=C(C(F)(F)F)C1. The first-order valence-electron chi connectivity index (χ1n) is 13.7. The molecule has 1 heterocycles. The van der Waals surface area contributed by atoms with Crippen molar-refractivity contribution in [2.24, 2.45) is 40.5 Å². The minimum Gasteiger partial charge on any atom is -0.348 e. The summed E-state index contributed by atoms with van der Waals surface area (Å²) in [5, 5.41) is 7.97. The van der Waals surface area contributed by atoms with Gasteiger partial charge in [0.15, 0.2) is 0 Å². The van der Waals surface area contributed by atoms with Gasteiger partial charge in [0.2, 0.25) is 11.8 Å². The van der Waals surface area contributed by atoms with Gasteiger partial charge in [0.1, 0.15) is 0 Å². The fourth-order valence-corrected chi connectivity index (χ4v) is 7.03. The summed E-state index contributed by atoms with van der Waals surface area (Å²) in [4.78, 5) is 40.2. The highest BCUT2D eigenvalue weighted by Crippen LogP contribution is 2.61. The van der Waals surface area contributed by atoms with Gasteiger partial charge in [-0.15, -0.1) is 0 Å². The van der Waals surface area contributed by atoms with Gasteiger partial charge in [-0.05, 0) is 80.1 Å². The van der Waals surface area contributed by atoms with Crippen LogP contribution >= 0.6 is 0 Å². The van der Waals surface area contributed by atoms with E-state index in [1.54, 1.807) is 6.21 Å². The molecular weight excluding hydrogens is 497 g/mol. The molecule has 0 saturated heterocycles. The Labute approximate surface area is 220 Å². The van der Waals surface area contributed by atoms with E-state index < -0.39 is 23.7 Å². The lowest BCUT2D eigenvalue weighted by Gasteiger charge is -2.31. The zero-order valence-electron chi connectivity index (χ0n) is 21.3. The maximum Gasteiger partial charge on any atom is 0.412 e. The van der Waals surface area contributed by atoms with Crippen LogP contribution < -0.4 is 16.0 Å². The van der Waals surface area contributed by atoms with Gasteiger partial charge >= 0.3 is 12.2 Å². The highest BCUT2D eigenvalue weighted by molar-refractivity contribution is 5.92. The molecule has 0 aromatic rings. The van der Waals surface area contributed by atoms with Gasteiger partial charge in [-0.2, -0.15) is 13.2 Å². The first kappa shape index (κ1) is 26.7. The average molecular weight is 533 g/mol. The molecule has 10 heteroatoms. The van der Waals surface area contributed by atoms with Crippen molar-refractivity contribution in [2.75, 3.05) is 13.1 Å². The number of carbonyl (C=O) groups excluding carboxylic acids is 3. The number of nitrogens with zero attached hydrogens (tertiary/aromatic N) is 1. The summed E-state index contributed by atoms with van der Waals surface area (Å²) in [5.41, 5.74) is 0.494. The molecule has 0 spiro atoms. The van der Waals surface area contributed by atoms with Crippen molar-refractivity contribution in [1.29, 1.82) is 0 Å². The highest BCUT2D eigenvalue weighted by atomic mass is 19.4. The lowest BCUT2D eigenvalue weighted by Crippen LogP contribution is -2.43. The number of amides is 4.